The van der Waals surface area contributed by atoms with Gasteiger partial charge in [0.25, 0.3) is 5.91 Å². The van der Waals surface area contributed by atoms with Gasteiger partial charge in [-0.25, -0.2) is 0 Å². The van der Waals surface area contributed by atoms with Crippen molar-refractivity contribution in [2.45, 2.75) is 13.0 Å². The zero-order chi connectivity index (χ0) is 23.0. The molecule has 2 aromatic heterocycles. The average molecular weight is 441 g/mol. The molecule has 0 aliphatic carbocycles. The van der Waals surface area contributed by atoms with Crippen molar-refractivity contribution in [2.24, 2.45) is 0 Å². The molecular weight excluding hydrogens is 418 g/mol. The summed E-state index contributed by atoms with van der Waals surface area (Å²) in [5, 5.41) is 9.03. The van der Waals surface area contributed by atoms with E-state index in [4.69, 9.17) is 0 Å². The van der Waals surface area contributed by atoms with E-state index in [0.717, 1.165) is 16.5 Å². The molecule has 2 heterocycles. The van der Waals surface area contributed by atoms with Crippen molar-refractivity contribution in [3.8, 4) is 0 Å². The van der Waals surface area contributed by atoms with Crippen LogP contribution in [0.25, 0.3) is 10.9 Å². The number of pyridine rings is 1. The number of hydrogen-bond acceptors (Lipinski definition) is 4. The highest BCUT2D eigenvalue weighted by molar-refractivity contribution is 6.40. The first-order chi connectivity index (χ1) is 16.1. The van der Waals surface area contributed by atoms with Crippen LogP contribution in [0, 0.1) is 0 Å². The van der Waals surface area contributed by atoms with E-state index in [1.54, 1.807) is 48.7 Å². The van der Waals surface area contributed by atoms with Crippen LogP contribution in [0.3, 0.4) is 0 Å². The minimum absolute atomic E-state index is 0.128. The van der Waals surface area contributed by atoms with Crippen LogP contribution in [0.2, 0.25) is 0 Å². The molecule has 4 rings (SSSR count). The Morgan fingerprint density at radius 1 is 0.848 bits per heavy atom. The molecule has 33 heavy (non-hydrogen) atoms. The number of hydrogen-bond donors (Lipinski definition) is 4. The van der Waals surface area contributed by atoms with Crippen LogP contribution in [0.5, 0.6) is 0 Å². The topological polar surface area (TPSA) is 116 Å². The van der Waals surface area contributed by atoms with Crippen LogP contribution >= 0.6 is 0 Å². The van der Waals surface area contributed by atoms with Crippen molar-refractivity contribution < 1.29 is 14.4 Å². The van der Waals surface area contributed by atoms with Crippen molar-refractivity contribution in [3.05, 3.63) is 95.9 Å². The number of amides is 3. The summed E-state index contributed by atoms with van der Waals surface area (Å²) in [5.41, 5.74) is 3.33. The standard InChI is InChI=1S/C25H23N5O3/c31-23(27-14-12-17-15-28-21-10-3-1-8-19(17)21)20-9-2-4-11-22(20)30-25(33)24(32)29-16-18-7-5-6-13-26-18/h1-11,13,15,28H,12,14,16H2,(H,27,31)(H,29,32)(H,30,33). The molecule has 8 nitrogen and oxygen atoms in total. The fourth-order valence-electron chi connectivity index (χ4n) is 3.47. The maximum absolute atomic E-state index is 12.7. The van der Waals surface area contributed by atoms with Gasteiger partial charge in [-0.05, 0) is 42.3 Å². The van der Waals surface area contributed by atoms with Gasteiger partial charge in [0.15, 0.2) is 0 Å². The van der Waals surface area contributed by atoms with Crippen LogP contribution in [-0.4, -0.2) is 34.2 Å². The minimum atomic E-state index is -0.857. The maximum atomic E-state index is 12.7. The van der Waals surface area contributed by atoms with Gasteiger partial charge in [-0.3, -0.25) is 19.4 Å². The molecule has 0 atom stereocenters. The molecule has 4 N–H and O–H groups in total. The van der Waals surface area contributed by atoms with Crippen LogP contribution in [0.15, 0.2) is 79.1 Å². The molecule has 8 heteroatoms. The molecule has 0 saturated carbocycles. The number of aromatic nitrogens is 2. The largest absolute Gasteiger partial charge is 0.361 e. The molecule has 0 fully saturated rings. The Bertz CT molecular complexity index is 1280. The lowest BCUT2D eigenvalue weighted by Crippen LogP contribution is -2.36. The minimum Gasteiger partial charge on any atom is -0.361 e. The van der Waals surface area contributed by atoms with Gasteiger partial charge >= 0.3 is 11.8 Å². The molecule has 3 amide bonds. The summed E-state index contributed by atoms with van der Waals surface area (Å²) in [6.07, 6.45) is 4.20. The average Bonchev–Trinajstić information content (AvgIpc) is 3.26. The number of fused-ring (bicyclic) bond motifs is 1. The van der Waals surface area contributed by atoms with Crippen molar-refractivity contribution in [1.82, 2.24) is 20.6 Å². The van der Waals surface area contributed by atoms with E-state index in [2.05, 4.69) is 25.9 Å². The predicted molar refractivity (Wildman–Crippen MR) is 125 cm³/mol. The second-order valence-corrected chi connectivity index (χ2v) is 7.37. The molecule has 0 spiro atoms. The molecule has 0 radical (unpaired) electrons. The van der Waals surface area contributed by atoms with E-state index in [9.17, 15) is 14.4 Å². The summed E-state index contributed by atoms with van der Waals surface area (Å²) in [4.78, 5) is 44.5. The number of aromatic amines is 1. The summed E-state index contributed by atoms with van der Waals surface area (Å²) in [6, 6.07) is 19.8. The summed E-state index contributed by atoms with van der Waals surface area (Å²) in [7, 11) is 0. The Morgan fingerprint density at radius 2 is 1.64 bits per heavy atom. The van der Waals surface area contributed by atoms with Gasteiger partial charge in [-0.15, -0.1) is 0 Å². The summed E-state index contributed by atoms with van der Waals surface area (Å²) >= 11 is 0. The van der Waals surface area contributed by atoms with Crippen molar-refractivity contribution in [2.75, 3.05) is 11.9 Å². The zero-order valence-electron chi connectivity index (χ0n) is 17.8. The lowest BCUT2D eigenvalue weighted by atomic mass is 10.1. The molecule has 0 aliphatic heterocycles. The van der Waals surface area contributed by atoms with Crippen molar-refractivity contribution in [1.29, 1.82) is 0 Å². The van der Waals surface area contributed by atoms with Crippen molar-refractivity contribution >= 4 is 34.3 Å². The van der Waals surface area contributed by atoms with Crippen LogP contribution in [0.1, 0.15) is 21.6 Å². The first-order valence-electron chi connectivity index (χ1n) is 10.5. The van der Waals surface area contributed by atoms with E-state index < -0.39 is 11.8 Å². The SMILES string of the molecule is O=C(NCc1ccccn1)C(=O)Nc1ccccc1C(=O)NCCc1c[nH]c2ccccc12. The fraction of sp³-hybridized carbons (Fsp3) is 0.120. The van der Waals surface area contributed by atoms with Crippen LogP contribution in [0.4, 0.5) is 5.69 Å². The van der Waals surface area contributed by atoms with E-state index in [0.29, 0.717) is 18.7 Å². The third-order valence-corrected chi connectivity index (χ3v) is 5.14. The van der Waals surface area contributed by atoms with Gasteiger partial charge in [0.2, 0.25) is 0 Å². The lowest BCUT2D eigenvalue weighted by Gasteiger charge is -2.11. The lowest BCUT2D eigenvalue weighted by molar-refractivity contribution is -0.136. The normalized spacial score (nSPS) is 10.5. The Hall–Kier alpha value is -4.46. The van der Waals surface area contributed by atoms with E-state index in [1.165, 1.54) is 0 Å². The molecular formula is C25H23N5O3. The number of nitrogens with zero attached hydrogens (tertiary/aromatic N) is 1. The summed E-state index contributed by atoms with van der Waals surface area (Å²) in [6.45, 7) is 0.552. The van der Waals surface area contributed by atoms with Gasteiger partial charge in [0.05, 0.1) is 23.5 Å². The Kier molecular flexibility index (Phi) is 6.75. The molecule has 0 saturated heterocycles. The van der Waals surface area contributed by atoms with E-state index in [1.807, 2.05) is 30.5 Å². The molecule has 166 valence electrons. The first-order valence-corrected chi connectivity index (χ1v) is 10.5. The highest BCUT2D eigenvalue weighted by Gasteiger charge is 2.18. The second-order valence-electron chi connectivity index (χ2n) is 7.37. The molecule has 0 aliphatic rings. The summed E-state index contributed by atoms with van der Waals surface area (Å²) in [5.74, 6) is -2.00. The smallest absolute Gasteiger partial charge is 0.313 e. The fourth-order valence-corrected chi connectivity index (χ4v) is 3.47. The third kappa shape index (κ3) is 5.43. The van der Waals surface area contributed by atoms with E-state index >= 15 is 0 Å². The monoisotopic (exact) mass is 441 g/mol. The number of anilines is 1. The number of benzene rings is 2. The number of carbonyl (C=O) groups is 3. The molecule has 4 aromatic rings. The van der Waals surface area contributed by atoms with Crippen LogP contribution < -0.4 is 16.0 Å². The number of nitrogens with one attached hydrogen (secondary N) is 4. The summed E-state index contributed by atoms with van der Waals surface area (Å²) < 4.78 is 0. The van der Waals surface area contributed by atoms with Gasteiger partial charge in [0.1, 0.15) is 0 Å². The van der Waals surface area contributed by atoms with Gasteiger partial charge < -0.3 is 20.9 Å². The number of para-hydroxylation sites is 2. The van der Waals surface area contributed by atoms with Gasteiger partial charge in [0, 0.05) is 29.8 Å². The van der Waals surface area contributed by atoms with Gasteiger partial charge in [-0.2, -0.15) is 0 Å². The maximum Gasteiger partial charge on any atom is 0.313 e. The van der Waals surface area contributed by atoms with Gasteiger partial charge in [-0.1, -0.05) is 36.4 Å². The quantitative estimate of drug-likeness (QED) is 0.330. The Balaban J connectivity index is 1.33. The number of rotatable bonds is 7. The van der Waals surface area contributed by atoms with Crippen molar-refractivity contribution in [3.63, 3.8) is 0 Å². The Labute approximate surface area is 190 Å². The highest BCUT2D eigenvalue weighted by Crippen LogP contribution is 2.18. The molecule has 0 bridgehead atoms. The third-order valence-electron chi connectivity index (χ3n) is 5.14. The first kappa shape index (κ1) is 21.8. The molecule has 2 aromatic carbocycles. The zero-order valence-corrected chi connectivity index (χ0v) is 17.8. The predicted octanol–water partition coefficient (Wildman–Crippen LogP) is 2.79. The highest BCUT2D eigenvalue weighted by atomic mass is 16.2. The number of carbonyl (C=O) groups excluding carboxylic acids is 3. The number of H-pyrrole nitrogens is 1. The second kappa shape index (κ2) is 10.2. The van der Waals surface area contributed by atoms with E-state index in [-0.39, 0.29) is 23.7 Å². The molecule has 0 unspecified atom stereocenters. The van der Waals surface area contributed by atoms with Crippen LogP contribution in [-0.2, 0) is 22.6 Å². The Morgan fingerprint density at radius 3 is 2.48 bits per heavy atom.